The van der Waals surface area contributed by atoms with Crippen molar-refractivity contribution >= 4 is 0 Å². The Morgan fingerprint density at radius 2 is 1.35 bits per heavy atom. The molecule has 104 valence electrons. The van der Waals surface area contributed by atoms with Crippen LogP contribution in [0.25, 0.3) is 0 Å². The van der Waals surface area contributed by atoms with Gasteiger partial charge in [0.15, 0.2) is 0 Å². The highest BCUT2D eigenvalue weighted by molar-refractivity contribution is 4.74. The molecule has 0 aliphatic heterocycles. The lowest BCUT2D eigenvalue weighted by Crippen LogP contribution is -2.22. The molecule has 17 heavy (non-hydrogen) atoms. The van der Waals surface area contributed by atoms with Crippen molar-refractivity contribution in [2.75, 3.05) is 0 Å². The van der Waals surface area contributed by atoms with Gasteiger partial charge in [-0.25, -0.2) is 0 Å². The van der Waals surface area contributed by atoms with Gasteiger partial charge >= 0.3 is 0 Å². The van der Waals surface area contributed by atoms with E-state index in [1.165, 1.54) is 44.9 Å². The summed E-state index contributed by atoms with van der Waals surface area (Å²) >= 11 is 0. The minimum Gasteiger partial charge on any atom is -0.0654 e. The summed E-state index contributed by atoms with van der Waals surface area (Å²) in [5.41, 5.74) is 0. The first-order chi connectivity index (χ1) is 8.06. The molecule has 0 saturated carbocycles. The van der Waals surface area contributed by atoms with E-state index in [1.54, 1.807) is 0 Å². The highest BCUT2D eigenvalue weighted by Gasteiger charge is 2.24. The highest BCUT2D eigenvalue weighted by atomic mass is 14.3. The van der Waals surface area contributed by atoms with E-state index in [0.29, 0.717) is 0 Å². The zero-order valence-electron chi connectivity index (χ0n) is 13.3. The van der Waals surface area contributed by atoms with Gasteiger partial charge in [-0.05, 0) is 30.1 Å². The fourth-order valence-electron chi connectivity index (χ4n) is 3.07. The van der Waals surface area contributed by atoms with Gasteiger partial charge in [0.2, 0.25) is 0 Å². The van der Waals surface area contributed by atoms with E-state index >= 15 is 0 Å². The Morgan fingerprint density at radius 1 is 0.765 bits per heavy atom. The maximum absolute atomic E-state index is 2.49. The zero-order valence-corrected chi connectivity index (χ0v) is 13.3. The Bertz CT molecular complexity index is 161. The molecule has 0 radical (unpaired) electrons. The van der Waals surface area contributed by atoms with Gasteiger partial charge in [0.1, 0.15) is 0 Å². The minimum absolute atomic E-state index is 0.906. The van der Waals surface area contributed by atoms with Crippen molar-refractivity contribution in [3.63, 3.8) is 0 Å². The van der Waals surface area contributed by atoms with E-state index in [1.807, 2.05) is 0 Å². The topological polar surface area (TPSA) is 0 Å². The molecular formula is C17H36. The maximum Gasteiger partial charge on any atom is -0.0360 e. The van der Waals surface area contributed by atoms with Crippen LogP contribution in [-0.4, -0.2) is 0 Å². The Morgan fingerprint density at radius 3 is 1.82 bits per heavy atom. The fraction of sp³-hybridized carbons (Fsp3) is 1.00. The summed E-state index contributed by atoms with van der Waals surface area (Å²) in [6.07, 6.45) is 9.75. The molecule has 0 nitrogen and oxygen atoms in total. The number of rotatable bonds is 10. The second-order valence-electron chi connectivity index (χ2n) is 6.30. The van der Waals surface area contributed by atoms with E-state index in [-0.39, 0.29) is 0 Å². The van der Waals surface area contributed by atoms with Crippen LogP contribution >= 0.6 is 0 Å². The molecule has 0 aliphatic carbocycles. The lowest BCUT2D eigenvalue weighted by molar-refractivity contribution is 0.187. The van der Waals surface area contributed by atoms with Gasteiger partial charge < -0.3 is 0 Å². The largest absolute Gasteiger partial charge is 0.0654 e. The Kier molecular flexibility index (Phi) is 9.97. The predicted octanol–water partition coefficient (Wildman–Crippen LogP) is 6.30. The van der Waals surface area contributed by atoms with Gasteiger partial charge in [-0.1, -0.05) is 80.1 Å². The lowest BCUT2D eigenvalue weighted by atomic mass is 9.74. The summed E-state index contributed by atoms with van der Waals surface area (Å²) in [5, 5.41) is 0. The van der Waals surface area contributed by atoms with E-state index in [2.05, 4.69) is 41.5 Å². The van der Waals surface area contributed by atoms with Crippen molar-refractivity contribution in [1.29, 1.82) is 0 Å². The molecule has 0 aromatic rings. The smallest absolute Gasteiger partial charge is 0.0360 e. The molecule has 0 saturated heterocycles. The minimum atomic E-state index is 0.906. The van der Waals surface area contributed by atoms with Crippen LogP contribution < -0.4 is 0 Å². The predicted molar refractivity (Wildman–Crippen MR) is 80.3 cm³/mol. The first kappa shape index (κ1) is 17.0. The maximum atomic E-state index is 2.49. The molecule has 0 rings (SSSR count). The van der Waals surface area contributed by atoms with E-state index in [9.17, 15) is 0 Å². The second kappa shape index (κ2) is 9.97. The standard InChI is InChI=1S/C17H36/c1-7-10-12-16(6)17(13-14(4)9-3)15(5)11-8-2/h14-17H,7-13H2,1-6H3. The average Bonchev–Trinajstić information content (AvgIpc) is 2.32. The molecule has 0 amide bonds. The van der Waals surface area contributed by atoms with Gasteiger partial charge in [-0.3, -0.25) is 0 Å². The third-order valence-electron chi connectivity index (χ3n) is 4.59. The number of hydrogen-bond acceptors (Lipinski definition) is 0. The summed E-state index contributed by atoms with van der Waals surface area (Å²) in [7, 11) is 0. The van der Waals surface area contributed by atoms with Gasteiger partial charge in [0.25, 0.3) is 0 Å². The molecule has 0 aliphatic rings. The van der Waals surface area contributed by atoms with Crippen molar-refractivity contribution in [2.45, 2.75) is 86.5 Å². The zero-order chi connectivity index (χ0) is 13.3. The normalized spacial score (nSPS) is 18.7. The van der Waals surface area contributed by atoms with Crippen LogP contribution in [0.15, 0.2) is 0 Å². The molecule has 4 unspecified atom stereocenters. The number of unbranched alkanes of at least 4 members (excludes halogenated alkanes) is 1. The first-order valence-electron chi connectivity index (χ1n) is 8.06. The SMILES string of the molecule is CCCCC(C)C(CC(C)CC)C(C)CCC. The van der Waals surface area contributed by atoms with Crippen LogP contribution in [-0.2, 0) is 0 Å². The first-order valence-corrected chi connectivity index (χ1v) is 8.06. The van der Waals surface area contributed by atoms with Crippen molar-refractivity contribution in [3.05, 3.63) is 0 Å². The summed E-state index contributed by atoms with van der Waals surface area (Å²) in [6, 6.07) is 0. The fourth-order valence-corrected chi connectivity index (χ4v) is 3.07. The Labute approximate surface area is 111 Å². The van der Waals surface area contributed by atoms with Crippen molar-refractivity contribution in [3.8, 4) is 0 Å². The van der Waals surface area contributed by atoms with Crippen molar-refractivity contribution < 1.29 is 0 Å². The molecule has 0 heteroatoms. The monoisotopic (exact) mass is 240 g/mol. The molecule has 0 heterocycles. The molecule has 0 spiro atoms. The molecule has 0 bridgehead atoms. The van der Waals surface area contributed by atoms with Crippen molar-refractivity contribution in [2.24, 2.45) is 23.7 Å². The van der Waals surface area contributed by atoms with Crippen molar-refractivity contribution in [1.82, 2.24) is 0 Å². The Balaban J connectivity index is 4.36. The van der Waals surface area contributed by atoms with Crippen LogP contribution in [0.2, 0.25) is 0 Å². The molecule has 0 aromatic heterocycles. The third kappa shape index (κ3) is 7.11. The van der Waals surface area contributed by atoms with E-state index < -0.39 is 0 Å². The highest BCUT2D eigenvalue weighted by Crippen LogP contribution is 2.34. The molecule has 0 fully saturated rings. The van der Waals surface area contributed by atoms with E-state index in [4.69, 9.17) is 0 Å². The van der Waals surface area contributed by atoms with Gasteiger partial charge in [-0.2, -0.15) is 0 Å². The average molecular weight is 240 g/mol. The summed E-state index contributed by atoms with van der Waals surface area (Å²) < 4.78 is 0. The molecular weight excluding hydrogens is 204 g/mol. The van der Waals surface area contributed by atoms with Crippen LogP contribution in [0.5, 0.6) is 0 Å². The van der Waals surface area contributed by atoms with Gasteiger partial charge in [-0.15, -0.1) is 0 Å². The Hall–Kier alpha value is 0. The van der Waals surface area contributed by atoms with Gasteiger partial charge in [0.05, 0.1) is 0 Å². The number of hydrogen-bond donors (Lipinski definition) is 0. The molecule has 0 N–H and O–H groups in total. The summed E-state index contributed by atoms with van der Waals surface area (Å²) in [6.45, 7) is 14.4. The van der Waals surface area contributed by atoms with Crippen LogP contribution in [0.4, 0.5) is 0 Å². The quantitative estimate of drug-likeness (QED) is 0.420. The summed E-state index contributed by atoms with van der Waals surface area (Å²) in [5.74, 6) is 3.70. The lowest BCUT2D eigenvalue weighted by Gasteiger charge is -2.32. The summed E-state index contributed by atoms with van der Waals surface area (Å²) in [4.78, 5) is 0. The molecule has 0 aromatic carbocycles. The molecule has 4 atom stereocenters. The van der Waals surface area contributed by atoms with E-state index in [0.717, 1.165) is 23.7 Å². The second-order valence-corrected chi connectivity index (χ2v) is 6.30. The third-order valence-corrected chi connectivity index (χ3v) is 4.59. The van der Waals surface area contributed by atoms with Crippen LogP contribution in [0, 0.1) is 23.7 Å². The van der Waals surface area contributed by atoms with Crippen LogP contribution in [0.1, 0.15) is 86.5 Å². The van der Waals surface area contributed by atoms with Gasteiger partial charge in [0, 0.05) is 0 Å². The van der Waals surface area contributed by atoms with Crippen LogP contribution in [0.3, 0.4) is 0 Å².